The van der Waals surface area contributed by atoms with Crippen molar-refractivity contribution in [1.82, 2.24) is 20.2 Å². The van der Waals surface area contributed by atoms with E-state index in [9.17, 15) is 4.79 Å². The number of benzene rings is 1. The number of amides is 2. The number of carbonyl (C=O) groups is 1. The van der Waals surface area contributed by atoms with Crippen LogP contribution in [0.25, 0.3) is 0 Å². The Morgan fingerprint density at radius 3 is 2.83 bits per heavy atom. The molecule has 0 aliphatic heterocycles. The Morgan fingerprint density at radius 2 is 2.17 bits per heavy atom. The molecule has 2 rings (SSSR count). The molecule has 1 aromatic carbocycles. The summed E-state index contributed by atoms with van der Waals surface area (Å²) in [6.07, 6.45) is 5.29. The Hall–Kier alpha value is -2.70. The van der Waals surface area contributed by atoms with Crippen molar-refractivity contribution in [2.24, 2.45) is 0 Å². The van der Waals surface area contributed by atoms with Crippen molar-refractivity contribution in [3.05, 3.63) is 42.5 Å². The molecular formula is C16H22N4O3. The van der Waals surface area contributed by atoms with Crippen molar-refractivity contribution in [3.8, 4) is 11.5 Å². The Bertz CT molecular complexity index is 628. The molecule has 0 aliphatic rings. The van der Waals surface area contributed by atoms with Crippen LogP contribution in [0.15, 0.2) is 36.9 Å². The number of rotatable bonds is 7. The van der Waals surface area contributed by atoms with Crippen molar-refractivity contribution in [2.45, 2.75) is 26.1 Å². The molecule has 0 aliphatic carbocycles. The molecule has 0 saturated carbocycles. The van der Waals surface area contributed by atoms with Gasteiger partial charge in [0, 0.05) is 37.1 Å². The van der Waals surface area contributed by atoms with Crippen LogP contribution in [-0.2, 0) is 13.1 Å². The number of methoxy groups -OCH3 is 2. The van der Waals surface area contributed by atoms with Crippen LogP contribution in [-0.4, -0.2) is 35.8 Å². The van der Waals surface area contributed by atoms with Gasteiger partial charge in [0.1, 0.15) is 11.5 Å². The van der Waals surface area contributed by atoms with Gasteiger partial charge in [-0.1, -0.05) is 0 Å². The van der Waals surface area contributed by atoms with E-state index in [1.54, 1.807) is 26.7 Å². The summed E-state index contributed by atoms with van der Waals surface area (Å²) in [5.41, 5.74) is 0.851. The van der Waals surface area contributed by atoms with Crippen molar-refractivity contribution < 1.29 is 14.3 Å². The zero-order valence-electron chi connectivity index (χ0n) is 13.6. The predicted molar refractivity (Wildman–Crippen MR) is 86.6 cm³/mol. The number of imidazole rings is 1. The van der Waals surface area contributed by atoms with E-state index >= 15 is 0 Å². The van der Waals surface area contributed by atoms with Gasteiger partial charge < -0.3 is 24.7 Å². The Labute approximate surface area is 135 Å². The summed E-state index contributed by atoms with van der Waals surface area (Å²) in [7, 11) is 3.20. The van der Waals surface area contributed by atoms with Gasteiger partial charge in [-0.05, 0) is 25.1 Å². The summed E-state index contributed by atoms with van der Waals surface area (Å²) in [6, 6.07) is 5.22. The number of carbonyl (C=O) groups excluding carboxylic acids is 1. The second kappa shape index (κ2) is 8.07. The number of nitrogens with zero attached hydrogens (tertiary/aromatic N) is 2. The summed E-state index contributed by atoms with van der Waals surface area (Å²) in [5.74, 6) is 1.43. The minimum atomic E-state index is -0.234. The van der Waals surface area contributed by atoms with E-state index in [1.807, 2.05) is 35.9 Å². The lowest BCUT2D eigenvalue weighted by atomic mass is 10.2. The topological polar surface area (TPSA) is 77.4 Å². The summed E-state index contributed by atoms with van der Waals surface area (Å²) >= 11 is 0. The lowest BCUT2D eigenvalue weighted by Gasteiger charge is -2.16. The first-order valence-corrected chi connectivity index (χ1v) is 7.33. The van der Waals surface area contributed by atoms with Gasteiger partial charge in [-0.15, -0.1) is 0 Å². The van der Waals surface area contributed by atoms with Gasteiger partial charge in [0.15, 0.2) is 0 Å². The van der Waals surface area contributed by atoms with Gasteiger partial charge in [-0.3, -0.25) is 0 Å². The Kier molecular flexibility index (Phi) is 5.85. The van der Waals surface area contributed by atoms with Crippen molar-refractivity contribution in [2.75, 3.05) is 14.2 Å². The molecule has 0 fully saturated rings. The zero-order chi connectivity index (χ0) is 16.7. The highest BCUT2D eigenvalue weighted by Crippen LogP contribution is 2.23. The second-order valence-electron chi connectivity index (χ2n) is 5.17. The fourth-order valence-corrected chi connectivity index (χ4v) is 2.23. The third kappa shape index (κ3) is 4.91. The normalized spacial score (nSPS) is 11.6. The molecule has 1 atom stereocenters. The van der Waals surface area contributed by atoms with Gasteiger partial charge in [0.2, 0.25) is 0 Å². The van der Waals surface area contributed by atoms with Gasteiger partial charge in [0.25, 0.3) is 0 Å². The van der Waals surface area contributed by atoms with E-state index in [0.29, 0.717) is 18.8 Å². The molecule has 7 nitrogen and oxygen atoms in total. The summed E-state index contributed by atoms with van der Waals surface area (Å²) in [6.45, 7) is 2.95. The average Bonchev–Trinajstić information content (AvgIpc) is 3.05. The van der Waals surface area contributed by atoms with Gasteiger partial charge in [-0.25, -0.2) is 9.78 Å². The lowest BCUT2D eigenvalue weighted by Crippen LogP contribution is -2.42. The van der Waals surface area contributed by atoms with Crippen LogP contribution < -0.4 is 20.1 Å². The van der Waals surface area contributed by atoms with Crippen molar-refractivity contribution >= 4 is 6.03 Å². The first-order chi connectivity index (χ1) is 11.1. The largest absolute Gasteiger partial charge is 0.497 e. The molecule has 124 valence electrons. The highest BCUT2D eigenvalue weighted by molar-refractivity contribution is 5.74. The molecule has 1 unspecified atom stereocenters. The van der Waals surface area contributed by atoms with E-state index in [-0.39, 0.29) is 12.1 Å². The Morgan fingerprint density at radius 1 is 1.35 bits per heavy atom. The van der Waals surface area contributed by atoms with Crippen LogP contribution in [0.2, 0.25) is 0 Å². The second-order valence-corrected chi connectivity index (χ2v) is 5.17. The standard InChI is InChI=1S/C16H22N4O3/c1-12(10-20-7-6-17-11-20)19-16(21)18-9-13-8-14(22-2)4-5-15(13)23-3/h4-8,11-12H,9-10H2,1-3H3,(H2,18,19,21). The molecule has 0 radical (unpaired) electrons. The number of urea groups is 1. The third-order valence-corrected chi connectivity index (χ3v) is 3.35. The van der Waals surface area contributed by atoms with E-state index in [0.717, 1.165) is 11.3 Å². The molecule has 2 aromatic rings. The highest BCUT2D eigenvalue weighted by Gasteiger charge is 2.10. The number of aromatic nitrogens is 2. The first-order valence-electron chi connectivity index (χ1n) is 7.33. The fraction of sp³-hybridized carbons (Fsp3) is 0.375. The van der Waals surface area contributed by atoms with E-state index in [2.05, 4.69) is 15.6 Å². The van der Waals surface area contributed by atoms with Crippen molar-refractivity contribution in [3.63, 3.8) is 0 Å². The number of nitrogens with one attached hydrogen (secondary N) is 2. The molecule has 0 bridgehead atoms. The smallest absolute Gasteiger partial charge is 0.315 e. The van der Waals surface area contributed by atoms with Crippen LogP contribution in [0.1, 0.15) is 12.5 Å². The lowest BCUT2D eigenvalue weighted by molar-refractivity contribution is 0.236. The van der Waals surface area contributed by atoms with Gasteiger partial charge in [-0.2, -0.15) is 0 Å². The van der Waals surface area contributed by atoms with Crippen molar-refractivity contribution in [1.29, 1.82) is 0 Å². The van der Waals surface area contributed by atoms with Crippen LogP contribution in [0.3, 0.4) is 0 Å². The molecule has 0 spiro atoms. The SMILES string of the molecule is COc1ccc(OC)c(CNC(=O)NC(C)Cn2ccnc2)c1. The molecule has 23 heavy (non-hydrogen) atoms. The van der Waals surface area contributed by atoms with Gasteiger partial charge in [0.05, 0.1) is 20.5 Å². The van der Waals surface area contributed by atoms with Crippen LogP contribution in [0, 0.1) is 0 Å². The summed E-state index contributed by atoms with van der Waals surface area (Å²) in [5, 5.41) is 5.71. The van der Waals surface area contributed by atoms with Crippen LogP contribution in [0.4, 0.5) is 4.79 Å². The van der Waals surface area contributed by atoms with E-state index in [1.165, 1.54) is 0 Å². The minimum absolute atomic E-state index is 0.0172. The number of hydrogen-bond donors (Lipinski definition) is 2. The maximum Gasteiger partial charge on any atom is 0.315 e. The first kappa shape index (κ1) is 16.7. The molecular weight excluding hydrogens is 296 g/mol. The number of ether oxygens (including phenoxy) is 2. The average molecular weight is 318 g/mol. The molecule has 0 saturated heterocycles. The molecule has 7 heteroatoms. The third-order valence-electron chi connectivity index (χ3n) is 3.35. The van der Waals surface area contributed by atoms with E-state index in [4.69, 9.17) is 9.47 Å². The molecule has 1 aromatic heterocycles. The number of hydrogen-bond acceptors (Lipinski definition) is 4. The molecule has 2 N–H and O–H groups in total. The summed E-state index contributed by atoms with van der Waals surface area (Å²) in [4.78, 5) is 16.0. The zero-order valence-corrected chi connectivity index (χ0v) is 13.6. The van der Waals surface area contributed by atoms with E-state index < -0.39 is 0 Å². The molecule has 2 amide bonds. The fourth-order valence-electron chi connectivity index (χ4n) is 2.23. The van der Waals surface area contributed by atoms with Crippen LogP contribution >= 0.6 is 0 Å². The Balaban J connectivity index is 1.86. The highest BCUT2D eigenvalue weighted by atomic mass is 16.5. The van der Waals surface area contributed by atoms with Crippen LogP contribution in [0.5, 0.6) is 11.5 Å². The van der Waals surface area contributed by atoms with Gasteiger partial charge >= 0.3 is 6.03 Å². The molecule has 1 heterocycles. The maximum atomic E-state index is 12.0. The minimum Gasteiger partial charge on any atom is -0.497 e. The quantitative estimate of drug-likeness (QED) is 0.816. The summed E-state index contributed by atoms with van der Waals surface area (Å²) < 4.78 is 12.4. The monoisotopic (exact) mass is 318 g/mol. The maximum absolute atomic E-state index is 12.0. The predicted octanol–water partition coefficient (Wildman–Crippen LogP) is 1.79.